The van der Waals surface area contributed by atoms with Crippen molar-refractivity contribution >= 4 is 19.3 Å². The van der Waals surface area contributed by atoms with Crippen LogP contribution in [0.2, 0.25) is 0 Å². The molecular formula is C28H32F3K2N4O2-3. The monoisotopic (exact) mass is 591 g/mol. The van der Waals surface area contributed by atoms with Crippen LogP contribution in [0.15, 0.2) is 53.7 Å². The van der Waals surface area contributed by atoms with Crippen LogP contribution < -0.4 is 103 Å². The molecule has 6 nitrogen and oxygen atoms in total. The maximum Gasteiger partial charge on any atom is 1.00 e. The van der Waals surface area contributed by atoms with Gasteiger partial charge >= 0.3 is 109 Å². The van der Waals surface area contributed by atoms with Gasteiger partial charge in [-0.2, -0.15) is 86.5 Å². The molecule has 0 radical (unpaired) electrons. The average Bonchev–Trinajstić information content (AvgIpc) is 2.95. The number of likely N-dealkylation sites (tertiary alicyclic amines) is 1. The van der Waals surface area contributed by atoms with Gasteiger partial charge in [0.05, 0.1) is 6.07 Å². The van der Waals surface area contributed by atoms with Crippen LogP contribution in [-0.2, 0) is 22.3 Å². The summed E-state index contributed by atoms with van der Waals surface area (Å²) in [5.41, 5.74) is 1.98. The number of nitriles is 1. The van der Waals surface area contributed by atoms with E-state index < -0.39 is 11.7 Å². The summed E-state index contributed by atoms with van der Waals surface area (Å²) in [4.78, 5) is 21.7. The van der Waals surface area contributed by atoms with Crippen LogP contribution >= 0.6 is 0 Å². The van der Waals surface area contributed by atoms with Gasteiger partial charge in [-0.25, -0.2) is 11.7 Å². The van der Waals surface area contributed by atoms with Crippen molar-refractivity contribution in [3.8, 4) is 6.07 Å². The first-order valence-electron chi connectivity index (χ1n) is 10.9. The van der Waals surface area contributed by atoms with Crippen molar-refractivity contribution in [3.63, 3.8) is 0 Å². The smallest absolute Gasteiger partial charge is 0.394 e. The van der Waals surface area contributed by atoms with E-state index in [0.717, 1.165) is 30.4 Å². The third kappa shape index (κ3) is 22.8. The minimum Gasteiger partial charge on any atom is -0.394 e. The molecule has 11 heteroatoms. The number of pyridine rings is 1. The Morgan fingerprint density at radius 1 is 1.15 bits per heavy atom. The summed E-state index contributed by atoms with van der Waals surface area (Å²) in [6.45, 7) is 16.6. The zero-order valence-electron chi connectivity index (χ0n) is 23.0. The summed E-state index contributed by atoms with van der Waals surface area (Å²) in [6, 6.07) is 15.1. The average molecular weight is 592 g/mol. The fraction of sp³-hybridized carbons (Fsp3) is 0.286. The molecule has 0 spiro atoms. The Morgan fingerprint density at radius 3 is 2.08 bits per heavy atom. The molecule has 1 aliphatic rings. The summed E-state index contributed by atoms with van der Waals surface area (Å²) < 4.78 is 35.2. The summed E-state index contributed by atoms with van der Waals surface area (Å²) in [5.74, 6) is 0. The van der Waals surface area contributed by atoms with E-state index in [1.165, 1.54) is 31.5 Å². The number of alkyl halides is 3. The zero-order valence-corrected chi connectivity index (χ0v) is 29.2. The van der Waals surface area contributed by atoms with Crippen LogP contribution in [-0.4, -0.2) is 42.3 Å². The van der Waals surface area contributed by atoms with Gasteiger partial charge in [-0.15, -0.1) is 5.56 Å². The second-order valence-electron chi connectivity index (χ2n) is 7.22. The predicted molar refractivity (Wildman–Crippen MR) is 138 cm³/mol. The number of allylic oxidation sites excluding steroid dienone is 2. The number of hydrogen-bond acceptors (Lipinski definition) is 6. The molecule has 1 saturated heterocycles. The van der Waals surface area contributed by atoms with Crippen molar-refractivity contribution in [1.82, 2.24) is 9.88 Å². The Morgan fingerprint density at radius 2 is 1.69 bits per heavy atom. The fourth-order valence-corrected chi connectivity index (χ4v) is 2.67. The fourth-order valence-electron chi connectivity index (χ4n) is 2.67. The van der Waals surface area contributed by atoms with E-state index in [1.54, 1.807) is 6.07 Å². The second kappa shape index (κ2) is 29.0. The molecule has 202 valence electrons. The number of nitrogens with one attached hydrogen (secondary N) is 1. The molecule has 0 amide bonds. The Balaban J connectivity index is -0.000000218. The summed E-state index contributed by atoms with van der Waals surface area (Å²) in [6.07, 6.45) is 4.18. The van der Waals surface area contributed by atoms with Crippen molar-refractivity contribution in [2.75, 3.05) is 13.1 Å². The van der Waals surface area contributed by atoms with Crippen molar-refractivity contribution < 1.29 is 126 Å². The summed E-state index contributed by atoms with van der Waals surface area (Å²) in [7, 11) is 0. The van der Waals surface area contributed by atoms with E-state index in [-0.39, 0.29) is 108 Å². The van der Waals surface area contributed by atoms with Crippen molar-refractivity contribution in [2.24, 2.45) is 0 Å². The standard InChI is InChI=1S/C12H15N.C8H10N2.C6H3F3N.2CH2O.2K/c1-3-7-12(8-4-1)11-13-9-5-2-6-10-13;1-4-6(2)7(3)8(10)5-9;7-6(8,9)5-2-1-3-10-4-5;2*1-2;;/h2-4,7-8H,5-6,9-11H2;10H,1,3-4H2,2H3;1-2,4H;2*1H2;;/q2*-2;-1;;;2*+1/b;7-6+,10-8?;;;;;. The molecule has 39 heavy (non-hydrogen) atoms. The molecule has 1 N–H and O–H groups in total. The first-order chi connectivity index (χ1) is 17.7. The molecular weight excluding hydrogens is 560 g/mol. The molecule has 0 bridgehead atoms. The maximum absolute atomic E-state index is 11.7. The van der Waals surface area contributed by atoms with Crippen molar-refractivity contribution in [2.45, 2.75) is 38.9 Å². The third-order valence-corrected chi connectivity index (χ3v) is 4.74. The van der Waals surface area contributed by atoms with Gasteiger partial charge in [0.2, 0.25) is 0 Å². The Labute approximate surface area is 316 Å². The predicted octanol–water partition coefficient (Wildman–Crippen LogP) is -0.270. The largest absolute Gasteiger partial charge is 1.00 e. The normalized spacial score (nSPS) is 12.4. The third-order valence-electron chi connectivity index (χ3n) is 4.74. The summed E-state index contributed by atoms with van der Waals surface area (Å²) >= 11 is 0. The number of benzene rings is 1. The number of carbonyl (C=O) groups is 2. The van der Waals surface area contributed by atoms with Crippen LogP contribution in [0.1, 0.15) is 37.3 Å². The minimum absolute atomic E-state index is 0. The van der Waals surface area contributed by atoms with Crippen molar-refractivity contribution in [1.29, 1.82) is 10.7 Å². The number of aromatic nitrogens is 1. The molecule has 1 aromatic carbocycles. The number of piperidine rings is 1. The molecule has 1 fully saturated rings. The van der Waals surface area contributed by atoms with Gasteiger partial charge in [-0.05, 0) is 18.7 Å². The number of hydrogen-bond donors (Lipinski definition) is 1. The van der Waals surface area contributed by atoms with E-state index in [4.69, 9.17) is 20.3 Å². The Kier molecular flexibility index (Phi) is 33.8. The quantitative estimate of drug-likeness (QED) is 0.300. The van der Waals surface area contributed by atoms with E-state index in [9.17, 15) is 13.2 Å². The first kappa shape index (κ1) is 45.5. The first-order valence-corrected chi connectivity index (χ1v) is 10.9. The Hall–Kier alpha value is -0.497. The van der Waals surface area contributed by atoms with Crippen LogP contribution in [0.4, 0.5) is 13.2 Å². The van der Waals surface area contributed by atoms with Gasteiger partial charge in [-0.1, -0.05) is 19.3 Å². The van der Waals surface area contributed by atoms with Gasteiger partial charge < -0.3 is 38.2 Å². The van der Waals surface area contributed by atoms with Crippen molar-refractivity contribution in [3.05, 3.63) is 97.4 Å². The van der Waals surface area contributed by atoms with Crippen LogP contribution in [0, 0.1) is 49.3 Å². The van der Waals surface area contributed by atoms with E-state index in [0.29, 0.717) is 12.0 Å². The van der Waals surface area contributed by atoms with Gasteiger partial charge in [0.25, 0.3) is 0 Å². The van der Waals surface area contributed by atoms with E-state index in [1.807, 2.05) is 32.6 Å². The van der Waals surface area contributed by atoms with E-state index in [2.05, 4.69) is 54.5 Å². The maximum atomic E-state index is 11.7. The van der Waals surface area contributed by atoms with Gasteiger partial charge in [-0.3, -0.25) is 0 Å². The molecule has 1 aromatic heterocycles. The second-order valence-corrected chi connectivity index (χ2v) is 7.22. The summed E-state index contributed by atoms with van der Waals surface area (Å²) in [5, 5.41) is 15.3. The number of rotatable bonds is 4. The van der Waals surface area contributed by atoms with Gasteiger partial charge in [0.1, 0.15) is 13.6 Å². The molecule has 1 aliphatic heterocycles. The van der Waals surface area contributed by atoms with Crippen LogP contribution in [0.5, 0.6) is 0 Å². The number of halogens is 3. The Bertz CT molecular complexity index is 947. The zero-order chi connectivity index (χ0) is 28.7. The number of carbonyl (C=O) groups excluding carboxylic acids is 2. The molecule has 2 aromatic rings. The molecule has 2 heterocycles. The molecule has 0 unspecified atom stereocenters. The topological polar surface area (TPSA) is 97.9 Å². The van der Waals surface area contributed by atoms with Crippen LogP contribution in [0.25, 0.3) is 0 Å². The number of nitrogens with zero attached hydrogens (tertiary/aromatic N) is 3. The molecule has 0 saturated carbocycles. The van der Waals surface area contributed by atoms with Gasteiger partial charge in [0.15, 0.2) is 0 Å². The minimum atomic E-state index is -4.29. The van der Waals surface area contributed by atoms with Crippen LogP contribution in [0.3, 0.4) is 0 Å². The SMILES string of the molecule is C=O.C=O.FC(F)(F)c1cc[c-]nc1.[CH2-]C/C(C)=C(\[CH2-])C(=N)C#N.[K+].[K+].[c-]1ccc(CN2CC[CH-]CC2)cc1. The van der Waals surface area contributed by atoms with Gasteiger partial charge in [0, 0.05) is 12.3 Å². The molecule has 0 atom stereocenters. The van der Waals surface area contributed by atoms with E-state index >= 15 is 0 Å². The molecule has 3 rings (SSSR count). The molecule has 0 aliphatic carbocycles.